The lowest BCUT2D eigenvalue weighted by Gasteiger charge is -2.32. The number of aromatic amines is 1. The number of rotatable bonds is 3. The first-order valence-corrected chi connectivity index (χ1v) is 6.04. The Morgan fingerprint density at radius 3 is 3.12 bits per heavy atom. The van der Waals surface area contributed by atoms with Gasteiger partial charge in [0.05, 0.1) is 0 Å². The number of aliphatic hydroxyl groups is 1. The second-order valence-corrected chi connectivity index (χ2v) is 4.62. The number of H-pyrrole nitrogens is 1. The zero-order chi connectivity index (χ0) is 12.3. The van der Waals surface area contributed by atoms with Gasteiger partial charge in [0.25, 0.3) is 5.91 Å². The van der Waals surface area contributed by atoms with Crippen LogP contribution in [0, 0.1) is 5.92 Å². The van der Waals surface area contributed by atoms with Crippen LogP contribution in [0.2, 0.25) is 0 Å². The number of nitrogens with one attached hydrogen (secondary N) is 1. The summed E-state index contributed by atoms with van der Waals surface area (Å²) in [7, 11) is 0. The molecule has 5 heteroatoms. The molecule has 1 aromatic heterocycles. The summed E-state index contributed by atoms with van der Waals surface area (Å²) in [5.41, 5.74) is 6.71. The monoisotopic (exact) mass is 237 g/mol. The molecule has 94 valence electrons. The van der Waals surface area contributed by atoms with Crippen molar-refractivity contribution in [2.45, 2.75) is 19.3 Å². The normalized spacial score (nSPS) is 20.5. The average molecular weight is 237 g/mol. The van der Waals surface area contributed by atoms with E-state index in [9.17, 15) is 4.79 Å². The maximum atomic E-state index is 12.1. The van der Waals surface area contributed by atoms with E-state index >= 15 is 0 Å². The van der Waals surface area contributed by atoms with Crippen LogP contribution in [0.4, 0.5) is 5.69 Å². The zero-order valence-electron chi connectivity index (χ0n) is 9.85. The number of nitrogens with two attached hydrogens (primary N) is 1. The maximum Gasteiger partial charge on any atom is 0.270 e. The lowest BCUT2D eigenvalue weighted by Crippen LogP contribution is -2.40. The van der Waals surface area contributed by atoms with Crippen molar-refractivity contribution in [2.75, 3.05) is 25.4 Å². The molecule has 0 bridgehead atoms. The van der Waals surface area contributed by atoms with Gasteiger partial charge in [0.15, 0.2) is 0 Å². The minimum atomic E-state index is 0.00402. The third-order valence-corrected chi connectivity index (χ3v) is 3.28. The van der Waals surface area contributed by atoms with E-state index in [1.807, 2.05) is 4.90 Å². The topological polar surface area (TPSA) is 82.4 Å². The number of hydrogen-bond acceptors (Lipinski definition) is 3. The van der Waals surface area contributed by atoms with Crippen molar-refractivity contribution in [2.24, 2.45) is 5.92 Å². The highest BCUT2D eigenvalue weighted by Crippen LogP contribution is 2.21. The number of anilines is 1. The van der Waals surface area contributed by atoms with Crippen LogP contribution in [0.5, 0.6) is 0 Å². The molecule has 1 unspecified atom stereocenters. The van der Waals surface area contributed by atoms with E-state index in [0.29, 0.717) is 17.3 Å². The quantitative estimate of drug-likeness (QED) is 0.728. The first-order valence-electron chi connectivity index (χ1n) is 6.04. The number of piperidine rings is 1. The summed E-state index contributed by atoms with van der Waals surface area (Å²) in [5, 5.41) is 8.94. The van der Waals surface area contributed by atoms with E-state index < -0.39 is 0 Å². The van der Waals surface area contributed by atoms with Crippen molar-refractivity contribution in [3.8, 4) is 0 Å². The number of nitrogen functional groups attached to an aromatic ring is 1. The van der Waals surface area contributed by atoms with Crippen molar-refractivity contribution in [3.63, 3.8) is 0 Å². The van der Waals surface area contributed by atoms with Crippen molar-refractivity contribution in [1.82, 2.24) is 9.88 Å². The number of aromatic nitrogens is 1. The summed E-state index contributed by atoms with van der Waals surface area (Å²) >= 11 is 0. The Kier molecular flexibility index (Phi) is 3.68. The minimum Gasteiger partial charge on any atom is -0.397 e. The molecule has 0 radical (unpaired) electrons. The molecule has 1 aromatic rings. The molecule has 2 rings (SSSR count). The maximum absolute atomic E-state index is 12.1. The molecule has 1 aliphatic heterocycles. The zero-order valence-corrected chi connectivity index (χ0v) is 9.85. The van der Waals surface area contributed by atoms with Crippen molar-refractivity contribution in [1.29, 1.82) is 0 Å². The van der Waals surface area contributed by atoms with E-state index in [1.54, 1.807) is 12.3 Å². The fourth-order valence-corrected chi connectivity index (χ4v) is 2.37. The highest BCUT2D eigenvalue weighted by molar-refractivity contribution is 5.93. The summed E-state index contributed by atoms with van der Waals surface area (Å²) in [6.45, 7) is 1.72. The molecule has 1 amide bonds. The van der Waals surface area contributed by atoms with Crippen LogP contribution in [-0.4, -0.2) is 40.6 Å². The lowest BCUT2D eigenvalue weighted by atomic mass is 9.95. The Hall–Kier alpha value is -1.49. The predicted octanol–water partition coefficient (Wildman–Crippen LogP) is 0.831. The third-order valence-electron chi connectivity index (χ3n) is 3.28. The fraction of sp³-hybridized carbons (Fsp3) is 0.583. The highest BCUT2D eigenvalue weighted by atomic mass is 16.3. The minimum absolute atomic E-state index is 0.00402. The van der Waals surface area contributed by atoms with Gasteiger partial charge in [-0.15, -0.1) is 0 Å². The average Bonchev–Trinajstić information content (AvgIpc) is 2.76. The van der Waals surface area contributed by atoms with E-state index in [4.69, 9.17) is 10.8 Å². The molecule has 1 fully saturated rings. The molecular formula is C12H19N3O2. The number of carbonyl (C=O) groups is 1. The smallest absolute Gasteiger partial charge is 0.270 e. The number of aliphatic hydroxyl groups excluding tert-OH is 1. The van der Waals surface area contributed by atoms with Gasteiger partial charge in [-0.2, -0.15) is 0 Å². The van der Waals surface area contributed by atoms with E-state index in [-0.39, 0.29) is 12.5 Å². The van der Waals surface area contributed by atoms with Gasteiger partial charge in [-0.25, -0.2) is 0 Å². The second-order valence-electron chi connectivity index (χ2n) is 4.62. The third kappa shape index (κ3) is 2.79. The van der Waals surface area contributed by atoms with Crippen molar-refractivity contribution in [3.05, 3.63) is 18.0 Å². The summed E-state index contributed by atoms with van der Waals surface area (Å²) in [6, 6.07) is 1.66. The molecule has 5 nitrogen and oxygen atoms in total. The first kappa shape index (κ1) is 12.0. The van der Waals surface area contributed by atoms with Gasteiger partial charge in [-0.1, -0.05) is 0 Å². The number of amides is 1. The van der Waals surface area contributed by atoms with Crippen LogP contribution in [-0.2, 0) is 0 Å². The molecule has 2 heterocycles. The van der Waals surface area contributed by atoms with E-state index in [0.717, 1.165) is 32.4 Å². The Morgan fingerprint density at radius 2 is 2.47 bits per heavy atom. The van der Waals surface area contributed by atoms with Crippen LogP contribution in [0.15, 0.2) is 12.3 Å². The molecule has 1 saturated heterocycles. The SMILES string of the molecule is Nc1c[nH]c(C(=O)N2CCCC(CCO)C2)c1. The lowest BCUT2D eigenvalue weighted by molar-refractivity contribution is 0.0648. The molecule has 0 aliphatic carbocycles. The van der Waals surface area contributed by atoms with Crippen molar-refractivity contribution < 1.29 is 9.90 Å². The number of carbonyl (C=O) groups excluding carboxylic acids is 1. The summed E-state index contributed by atoms with van der Waals surface area (Å²) in [4.78, 5) is 16.9. The Labute approximate surface area is 101 Å². The number of hydrogen-bond donors (Lipinski definition) is 3. The highest BCUT2D eigenvalue weighted by Gasteiger charge is 2.24. The van der Waals surface area contributed by atoms with Crippen LogP contribution >= 0.6 is 0 Å². The molecule has 0 aromatic carbocycles. The number of likely N-dealkylation sites (tertiary alicyclic amines) is 1. The Balaban J connectivity index is 1.99. The van der Waals surface area contributed by atoms with Gasteiger partial charge in [-0.3, -0.25) is 4.79 Å². The first-order chi connectivity index (χ1) is 8.20. The van der Waals surface area contributed by atoms with Gasteiger partial charge in [0.1, 0.15) is 5.69 Å². The van der Waals surface area contributed by atoms with Gasteiger partial charge < -0.3 is 20.7 Å². The number of nitrogens with zero attached hydrogens (tertiary/aromatic N) is 1. The van der Waals surface area contributed by atoms with E-state index in [2.05, 4.69) is 4.98 Å². The molecule has 4 N–H and O–H groups in total. The van der Waals surface area contributed by atoms with Crippen LogP contribution in [0.3, 0.4) is 0 Å². The van der Waals surface area contributed by atoms with E-state index in [1.165, 1.54) is 0 Å². The molecule has 1 aliphatic rings. The van der Waals surface area contributed by atoms with Gasteiger partial charge >= 0.3 is 0 Å². The van der Waals surface area contributed by atoms with Crippen molar-refractivity contribution >= 4 is 11.6 Å². The summed E-state index contributed by atoms with van der Waals surface area (Å²) in [5.74, 6) is 0.425. The molecule has 1 atom stereocenters. The molecule has 0 saturated carbocycles. The molecule has 0 spiro atoms. The summed E-state index contributed by atoms with van der Waals surface area (Å²) in [6.07, 6.45) is 4.50. The standard InChI is InChI=1S/C12H19N3O2/c13-10-6-11(14-7-10)12(17)15-4-1-2-9(8-15)3-5-16/h6-7,9,14,16H,1-5,8,13H2. The second kappa shape index (κ2) is 5.23. The van der Waals surface area contributed by atoms with Crippen LogP contribution < -0.4 is 5.73 Å². The molecule has 17 heavy (non-hydrogen) atoms. The Bertz CT molecular complexity index is 387. The van der Waals surface area contributed by atoms with Crippen LogP contribution in [0.25, 0.3) is 0 Å². The Morgan fingerprint density at radius 1 is 1.65 bits per heavy atom. The largest absolute Gasteiger partial charge is 0.397 e. The van der Waals surface area contributed by atoms with Crippen LogP contribution in [0.1, 0.15) is 29.8 Å². The van der Waals surface area contributed by atoms with Gasteiger partial charge in [-0.05, 0) is 31.2 Å². The van der Waals surface area contributed by atoms with Gasteiger partial charge in [0.2, 0.25) is 0 Å². The predicted molar refractivity (Wildman–Crippen MR) is 65.5 cm³/mol. The molecular weight excluding hydrogens is 218 g/mol. The fourth-order valence-electron chi connectivity index (χ4n) is 2.37. The summed E-state index contributed by atoms with van der Waals surface area (Å²) < 4.78 is 0. The van der Waals surface area contributed by atoms with Gasteiger partial charge in [0, 0.05) is 31.6 Å².